The van der Waals surface area contributed by atoms with Crippen LogP contribution in [0, 0.1) is 5.92 Å². The van der Waals surface area contributed by atoms with Crippen LogP contribution in [0.25, 0.3) is 11.0 Å². The molecule has 10 heteroatoms. The minimum Gasteiger partial charge on any atom is -0.391 e. The first-order chi connectivity index (χ1) is 17.2. The Morgan fingerprint density at radius 3 is 2.42 bits per heavy atom. The molecule has 3 atom stereocenters. The van der Waals surface area contributed by atoms with E-state index in [2.05, 4.69) is 15.3 Å². The highest BCUT2D eigenvalue weighted by Crippen LogP contribution is 2.24. The van der Waals surface area contributed by atoms with E-state index in [4.69, 9.17) is 5.73 Å². The number of amides is 2. The van der Waals surface area contributed by atoms with Crippen molar-refractivity contribution in [1.29, 1.82) is 0 Å². The fourth-order valence-corrected chi connectivity index (χ4v) is 4.96. The summed E-state index contributed by atoms with van der Waals surface area (Å²) in [5, 5.41) is 15.0. The fourth-order valence-electron chi connectivity index (χ4n) is 4.06. The van der Waals surface area contributed by atoms with Gasteiger partial charge in [-0.1, -0.05) is 48.5 Å². The predicted molar refractivity (Wildman–Crippen MR) is 135 cm³/mol. The fraction of sp³-hybridized carbons (Fsp3) is 0.231. The van der Waals surface area contributed by atoms with Crippen LogP contribution in [0.5, 0.6) is 0 Å². The minimum atomic E-state index is -3.36. The number of allylic oxidation sites excluding steroid dienone is 1. The van der Waals surface area contributed by atoms with E-state index in [1.807, 2.05) is 36.4 Å². The normalized spacial score (nSPS) is 17.1. The highest BCUT2D eigenvalue weighted by Gasteiger charge is 2.30. The summed E-state index contributed by atoms with van der Waals surface area (Å²) in [6, 6.07) is 15.7. The maximum absolute atomic E-state index is 13.1. The molecule has 2 aromatic carbocycles. The van der Waals surface area contributed by atoms with Crippen molar-refractivity contribution in [1.82, 2.24) is 15.3 Å². The van der Waals surface area contributed by atoms with Crippen molar-refractivity contribution in [2.75, 3.05) is 5.75 Å². The second-order valence-electron chi connectivity index (χ2n) is 8.61. The van der Waals surface area contributed by atoms with Crippen molar-refractivity contribution < 1.29 is 23.1 Å². The number of carbonyl (C=O) groups is 2. The van der Waals surface area contributed by atoms with E-state index in [1.165, 1.54) is 18.3 Å². The molecule has 2 heterocycles. The first kappa shape index (κ1) is 25.2. The highest BCUT2D eigenvalue weighted by atomic mass is 32.2. The molecular formula is C26H26N4O5S. The van der Waals surface area contributed by atoms with Crippen molar-refractivity contribution in [3.05, 3.63) is 95.2 Å². The molecule has 1 aliphatic heterocycles. The third kappa shape index (κ3) is 6.21. The molecule has 1 aromatic heterocycles. The molecule has 0 spiro atoms. The number of benzene rings is 2. The molecule has 9 nitrogen and oxygen atoms in total. The standard InChI is InChI=1S/C26H26N4O5S/c27-25(32)19(18-10-12-36(34,35)13-11-18)15-24(31)22(14-17-6-2-1-3-7-17)30-26(33)23-16-28-20-8-4-5-9-21(20)29-23/h1-12,16,19,22,24,31H,13-15H2,(H2,27,32)(H,30,33)/t19-,22-,24-/m0/s1. The molecule has 0 bridgehead atoms. The third-order valence-electron chi connectivity index (χ3n) is 6.00. The summed E-state index contributed by atoms with van der Waals surface area (Å²) in [6.45, 7) is 0. The predicted octanol–water partition coefficient (Wildman–Crippen LogP) is 1.69. The van der Waals surface area contributed by atoms with E-state index in [9.17, 15) is 23.1 Å². The summed E-state index contributed by atoms with van der Waals surface area (Å²) in [7, 11) is -3.36. The van der Waals surface area contributed by atoms with Crippen molar-refractivity contribution in [2.24, 2.45) is 11.7 Å². The van der Waals surface area contributed by atoms with Crippen LogP contribution in [0.3, 0.4) is 0 Å². The highest BCUT2D eigenvalue weighted by molar-refractivity contribution is 7.94. The Kier molecular flexibility index (Phi) is 7.56. The molecular weight excluding hydrogens is 480 g/mol. The lowest BCUT2D eigenvalue weighted by molar-refractivity contribution is -0.121. The molecule has 36 heavy (non-hydrogen) atoms. The number of sulfone groups is 1. The lowest BCUT2D eigenvalue weighted by Gasteiger charge is -2.27. The number of para-hydroxylation sites is 2. The van der Waals surface area contributed by atoms with E-state index in [-0.39, 0.29) is 24.3 Å². The molecule has 0 unspecified atom stereocenters. The van der Waals surface area contributed by atoms with Gasteiger partial charge in [-0.15, -0.1) is 0 Å². The van der Waals surface area contributed by atoms with Gasteiger partial charge in [0.05, 0.1) is 41.0 Å². The Balaban J connectivity index is 1.56. The number of aliphatic hydroxyl groups excluding tert-OH is 1. The van der Waals surface area contributed by atoms with Crippen molar-refractivity contribution in [3.63, 3.8) is 0 Å². The van der Waals surface area contributed by atoms with Gasteiger partial charge < -0.3 is 16.2 Å². The van der Waals surface area contributed by atoms with E-state index >= 15 is 0 Å². The summed E-state index contributed by atoms with van der Waals surface area (Å²) in [6.07, 6.45) is 3.13. The Morgan fingerprint density at radius 2 is 1.75 bits per heavy atom. The van der Waals surface area contributed by atoms with Crippen LogP contribution in [-0.2, 0) is 21.1 Å². The van der Waals surface area contributed by atoms with E-state index in [0.29, 0.717) is 16.6 Å². The van der Waals surface area contributed by atoms with Gasteiger partial charge in [-0.25, -0.2) is 13.4 Å². The Bertz CT molecular complexity index is 1440. The van der Waals surface area contributed by atoms with Crippen LogP contribution in [-0.4, -0.2) is 53.2 Å². The molecule has 1 aliphatic rings. The number of rotatable bonds is 9. The first-order valence-corrected chi connectivity index (χ1v) is 13.1. The van der Waals surface area contributed by atoms with E-state index in [0.717, 1.165) is 11.0 Å². The average Bonchev–Trinajstić information content (AvgIpc) is 2.87. The molecule has 0 aliphatic carbocycles. The number of carbonyl (C=O) groups excluding carboxylic acids is 2. The van der Waals surface area contributed by atoms with Gasteiger partial charge in [-0.05, 0) is 42.2 Å². The molecule has 0 saturated carbocycles. The van der Waals surface area contributed by atoms with E-state index < -0.39 is 39.7 Å². The molecule has 0 saturated heterocycles. The molecule has 186 valence electrons. The second-order valence-corrected chi connectivity index (χ2v) is 10.5. The van der Waals surface area contributed by atoms with Crippen LogP contribution in [0.15, 0.2) is 83.9 Å². The number of nitrogens with two attached hydrogens (primary N) is 1. The average molecular weight is 507 g/mol. The largest absolute Gasteiger partial charge is 0.391 e. The number of aromatic nitrogens is 2. The lowest BCUT2D eigenvalue weighted by atomic mass is 9.87. The second kappa shape index (κ2) is 10.8. The quantitative estimate of drug-likeness (QED) is 0.399. The van der Waals surface area contributed by atoms with Crippen LogP contribution in [0.2, 0.25) is 0 Å². The number of hydrogen-bond donors (Lipinski definition) is 3. The topological polar surface area (TPSA) is 152 Å². The van der Waals surface area contributed by atoms with Crippen LogP contribution < -0.4 is 11.1 Å². The summed E-state index contributed by atoms with van der Waals surface area (Å²) < 4.78 is 23.4. The zero-order valence-corrected chi connectivity index (χ0v) is 20.1. The van der Waals surface area contributed by atoms with Gasteiger partial charge >= 0.3 is 0 Å². The van der Waals surface area contributed by atoms with Crippen LogP contribution in [0.1, 0.15) is 22.5 Å². The van der Waals surface area contributed by atoms with Gasteiger partial charge in [0, 0.05) is 5.41 Å². The monoisotopic (exact) mass is 506 g/mol. The van der Waals surface area contributed by atoms with Gasteiger partial charge in [0.1, 0.15) is 5.69 Å². The number of nitrogens with zero attached hydrogens (tertiary/aromatic N) is 2. The van der Waals surface area contributed by atoms with Crippen molar-refractivity contribution in [2.45, 2.75) is 25.0 Å². The lowest BCUT2D eigenvalue weighted by Crippen LogP contribution is -2.46. The van der Waals surface area contributed by atoms with Gasteiger partial charge in [0.25, 0.3) is 5.91 Å². The van der Waals surface area contributed by atoms with Gasteiger partial charge in [0.2, 0.25) is 5.91 Å². The maximum Gasteiger partial charge on any atom is 0.271 e. The summed E-state index contributed by atoms with van der Waals surface area (Å²) >= 11 is 0. The smallest absolute Gasteiger partial charge is 0.271 e. The third-order valence-corrected chi connectivity index (χ3v) is 7.18. The molecule has 4 rings (SSSR count). The summed E-state index contributed by atoms with van der Waals surface area (Å²) in [5.74, 6) is -2.40. The van der Waals surface area contributed by atoms with Gasteiger partial charge in [0.15, 0.2) is 9.84 Å². The summed E-state index contributed by atoms with van der Waals surface area (Å²) in [4.78, 5) is 33.9. The maximum atomic E-state index is 13.1. The zero-order valence-electron chi connectivity index (χ0n) is 19.3. The number of hydrogen-bond acceptors (Lipinski definition) is 7. The Labute approximate surface area is 208 Å². The van der Waals surface area contributed by atoms with Gasteiger partial charge in [-0.3, -0.25) is 14.6 Å². The molecule has 0 radical (unpaired) electrons. The number of aliphatic hydroxyl groups is 1. The SMILES string of the molecule is NC(=O)[C@@H](C[C@H](O)[C@H](Cc1ccccc1)NC(=O)c1cnc2ccccc2n1)C1=CCS(=O)(=O)C=C1. The number of primary amides is 1. The Hall–Kier alpha value is -3.89. The molecule has 0 fully saturated rings. The molecule has 4 N–H and O–H groups in total. The number of nitrogens with one attached hydrogen (secondary N) is 1. The van der Waals surface area contributed by atoms with Crippen LogP contribution >= 0.6 is 0 Å². The minimum absolute atomic E-state index is 0.0912. The molecule has 2 amide bonds. The van der Waals surface area contributed by atoms with Gasteiger partial charge in [-0.2, -0.15) is 0 Å². The van der Waals surface area contributed by atoms with E-state index in [1.54, 1.807) is 18.2 Å². The molecule has 3 aromatic rings. The summed E-state index contributed by atoms with van der Waals surface area (Å²) in [5.41, 5.74) is 8.18. The van der Waals surface area contributed by atoms with Crippen molar-refractivity contribution in [3.8, 4) is 0 Å². The zero-order chi connectivity index (χ0) is 25.7. The Morgan fingerprint density at radius 1 is 1.06 bits per heavy atom. The first-order valence-electron chi connectivity index (χ1n) is 11.4. The number of fused-ring (bicyclic) bond motifs is 1. The van der Waals surface area contributed by atoms with Crippen LogP contribution in [0.4, 0.5) is 0 Å². The van der Waals surface area contributed by atoms with Crippen molar-refractivity contribution >= 4 is 32.7 Å².